The molecule has 0 bridgehead atoms. The molecule has 1 aromatic heterocycles. The van der Waals surface area contributed by atoms with Crippen LogP contribution in [0.3, 0.4) is 0 Å². The number of hydrogen-bond donors (Lipinski definition) is 2. The first kappa shape index (κ1) is 13.3. The first-order chi connectivity index (χ1) is 8.57. The van der Waals surface area contributed by atoms with Gasteiger partial charge in [-0.3, -0.25) is 4.99 Å². The highest BCUT2D eigenvalue weighted by Gasteiger charge is 2.35. The Bertz CT molecular complexity index is 495. The largest absolute Gasteiger partial charge is 0.472 e. The number of nitrogens with one attached hydrogen (secondary N) is 1. The minimum Gasteiger partial charge on any atom is -0.472 e. The van der Waals surface area contributed by atoms with Crippen LogP contribution < -0.4 is 5.32 Å². The zero-order valence-electron chi connectivity index (χ0n) is 9.82. The number of sulfone groups is 1. The number of aliphatic imine (C=N–C) groups is 1. The Morgan fingerprint density at radius 2 is 2.39 bits per heavy atom. The summed E-state index contributed by atoms with van der Waals surface area (Å²) in [6.45, 7) is 1.06. The Morgan fingerprint density at radius 3 is 3.00 bits per heavy atom. The fraction of sp³-hybridized carbons (Fsp3) is 0.545. The molecule has 1 fully saturated rings. The van der Waals surface area contributed by atoms with Crippen molar-refractivity contribution in [1.29, 1.82) is 0 Å². The second-order valence-electron chi connectivity index (χ2n) is 4.30. The lowest BCUT2D eigenvalue weighted by atomic mass is 10.2. The summed E-state index contributed by atoms with van der Waals surface area (Å²) >= 11 is 0. The molecular formula is C11H16N2O4S. The van der Waals surface area contributed by atoms with Gasteiger partial charge in [-0.25, -0.2) is 8.42 Å². The summed E-state index contributed by atoms with van der Waals surface area (Å²) in [4.78, 5) is 4.16. The van der Waals surface area contributed by atoms with Crippen molar-refractivity contribution in [2.24, 2.45) is 4.99 Å². The van der Waals surface area contributed by atoms with Crippen LogP contribution in [0.5, 0.6) is 0 Å². The van der Waals surface area contributed by atoms with E-state index in [2.05, 4.69) is 10.3 Å². The second-order valence-corrected chi connectivity index (χ2v) is 6.45. The Labute approximate surface area is 106 Å². The SMILES string of the molecule is O=S1(=O)C[C@@H](O)[C@H](NCCN=Cc2ccoc2)C1. The van der Waals surface area contributed by atoms with E-state index < -0.39 is 15.9 Å². The molecule has 0 unspecified atom stereocenters. The molecule has 2 rings (SSSR count). The minimum absolute atomic E-state index is 0.000385. The van der Waals surface area contributed by atoms with Gasteiger partial charge in [-0.05, 0) is 6.07 Å². The van der Waals surface area contributed by atoms with Crippen LogP contribution in [0.1, 0.15) is 5.56 Å². The van der Waals surface area contributed by atoms with E-state index in [-0.39, 0.29) is 17.5 Å². The van der Waals surface area contributed by atoms with E-state index in [1.165, 1.54) is 0 Å². The van der Waals surface area contributed by atoms with Gasteiger partial charge in [-0.1, -0.05) is 0 Å². The molecule has 1 aliphatic heterocycles. The van der Waals surface area contributed by atoms with Crippen LogP contribution in [0.4, 0.5) is 0 Å². The molecule has 7 heteroatoms. The van der Waals surface area contributed by atoms with Crippen molar-refractivity contribution in [2.45, 2.75) is 12.1 Å². The Hall–Kier alpha value is -1.18. The molecule has 18 heavy (non-hydrogen) atoms. The highest BCUT2D eigenvalue weighted by Crippen LogP contribution is 2.11. The Kier molecular flexibility index (Phi) is 4.15. The lowest BCUT2D eigenvalue weighted by Gasteiger charge is -2.13. The summed E-state index contributed by atoms with van der Waals surface area (Å²) < 4.78 is 27.4. The predicted octanol–water partition coefficient (Wildman–Crippen LogP) is -0.554. The van der Waals surface area contributed by atoms with Crippen LogP contribution in [-0.2, 0) is 9.84 Å². The molecule has 0 amide bonds. The summed E-state index contributed by atoms with van der Waals surface area (Å²) in [6, 6.07) is 1.42. The van der Waals surface area contributed by atoms with Gasteiger partial charge in [-0.15, -0.1) is 0 Å². The third-order valence-corrected chi connectivity index (χ3v) is 4.47. The Morgan fingerprint density at radius 1 is 1.56 bits per heavy atom. The molecule has 0 saturated carbocycles. The molecule has 1 aliphatic rings. The van der Waals surface area contributed by atoms with Crippen LogP contribution in [-0.4, -0.2) is 56.5 Å². The minimum atomic E-state index is -3.09. The molecule has 2 atom stereocenters. The van der Waals surface area contributed by atoms with E-state index in [0.29, 0.717) is 13.1 Å². The van der Waals surface area contributed by atoms with E-state index in [1.807, 2.05) is 0 Å². The molecule has 0 spiro atoms. The topological polar surface area (TPSA) is 91.9 Å². The predicted molar refractivity (Wildman–Crippen MR) is 67.6 cm³/mol. The molecule has 0 aromatic carbocycles. The summed E-state index contributed by atoms with van der Waals surface area (Å²) in [7, 11) is -3.09. The van der Waals surface area contributed by atoms with Gasteiger partial charge < -0.3 is 14.8 Å². The number of hydrogen-bond acceptors (Lipinski definition) is 6. The monoisotopic (exact) mass is 272 g/mol. The zero-order chi connectivity index (χ0) is 13.0. The van der Waals surface area contributed by atoms with E-state index in [9.17, 15) is 13.5 Å². The summed E-state index contributed by atoms with van der Waals surface area (Å²) in [5.74, 6) is -0.150. The van der Waals surface area contributed by atoms with Gasteiger partial charge in [0, 0.05) is 24.4 Å². The average Bonchev–Trinajstić information content (AvgIpc) is 2.86. The van der Waals surface area contributed by atoms with Crippen LogP contribution in [0.25, 0.3) is 0 Å². The van der Waals surface area contributed by atoms with Crippen LogP contribution in [0, 0.1) is 0 Å². The van der Waals surface area contributed by atoms with Crippen molar-refractivity contribution < 1.29 is 17.9 Å². The Balaban J connectivity index is 1.70. The third kappa shape index (κ3) is 3.66. The number of rotatable bonds is 5. The van der Waals surface area contributed by atoms with Gasteiger partial charge >= 0.3 is 0 Å². The van der Waals surface area contributed by atoms with Crippen molar-refractivity contribution in [3.63, 3.8) is 0 Å². The van der Waals surface area contributed by atoms with Crippen LogP contribution in [0.2, 0.25) is 0 Å². The van der Waals surface area contributed by atoms with Gasteiger partial charge in [0.1, 0.15) is 0 Å². The maximum Gasteiger partial charge on any atom is 0.154 e. The van der Waals surface area contributed by atoms with Crippen LogP contribution in [0.15, 0.2) is 28.0 Å². The van der Waals surface area contributed by atoms with Gasteiger partial charge in [-0.2, -0.15) is 0 Å². The lowest BCUT2D eigenvalue weighted by molar-refractivity contribution is 0.167. The zero-order valence-corrected chi connectivity index (χ0v) is 10.6. The molecule has 0 radical (unpaired) electrons. The highest BCUT2D eigenvalue weighted by atomic mass is 32.2. The first-order valence-electron chi connectivity index (χ1n) is 5.71. The molecule has 1 aromatic rings. The molecular weight excluding hydrogens is 256 g/mol. The summed E-state index contributed by atoms with van der Waals surface area (Å²) in [5, 5.41) is 12.5. The fourth-order valence-corrected chi connectivity index (χ4v) is 3.63. The number of nitrogens with zero attached hydrogens (tertiary/aromatic N) is 1. The second kappa shape index (κ2) is 5.64. The van der Waals surface area contributed by atoms with Gasteiger partial charge in [0.25, 0.3) is 0 Å². The third-order valence-electron chi connectivity index (χ3n) is 2.75. The number of aliphatic hydroxyl groups is 1. The van der Waals surface area contributed by atoms with Crippen molar-refractivity contribution in [1.82, 2.24) is 5.32 Å². The van der Waals surface area contributed by atoms with Crippen molar-refractivity contribution in [2.75, 3.05) is 24.6 Å². The number of aliphatic hydroxyl groups excluding tert-OH is 1. The molecule has 0 aliphatic carbocycles. The van der Waals surface area contributed by atoms with E-state index >= 15 is 0 Å². The van der Waals surface area contributed by atoms with Crippen LogP contribution >= 0.6 is 0 Å². The fourth-order valence-electron chi connectivity index (χ4n) is 1.86. The van der Waals surface area contributed by atoms with Gasteiger partial charge in [0.05, 0.1) is 36.7 Å². The first-order valence-corrected chi connectivity index (χ1v) is 7.53. The molecule has 6 nitrogen and oxygen atoms in total. The van der Waals surface area contributed by atoms with E-state index in [0.717, 1.165) is 5.56 Å². The quantitative estimate of drug-likeness (QED) is 0.554. The normalized spacial score (nSPS) is 26.9. The highest BCUT2D eigenvalue weighted by molar-refractivity contribution is 7.91. The summed E-state index contributed by atoms with van der Waals surface area (Å²) in [6.07, 6.45) is 4.03. The maximum atomic E-state index is 11.3. The van der Waals surface area contributed by atoms with Crippen molar-refractivity contribution >= 4 is 16.1 Å². The van der Waals surface area contributed by atoms with Gasteiger partial charge in [0.2, 0.25) is 0 Å². The van der Waals surface area contributed by atoms with E-state index in [4.69, 9.17) is 4.42 Å². The molecule has 100 valence electrons. The standard InChI is InChI=1S/C11H16N2O4S/c14-11-8-18(15,16)7-10(11)13-3-2-12-5-9-1-4-17-6-9/h1,4-6,10-11,13-14H,2-3,7-8H2/t10-,11-/m1/s1. The average molecular weight is 272 g/mol. The van der Waals surface area contributed by atoms with E-state index in [1.54, 1.807) is 24.8 Å². The molecule has 1 saturated heterocycles. The molecule has 2 heterocycles. The number of furan rings is 1. The van der Waals surface area contributed by atoms with Gasteiger partial charge in [0.15, 0.2) is 9.84 Å². The maximum absolute atomic E-state index is 11.3. The lowest BCUT2D eigenvalue weighted by Crippen LogP contribution is -2.40. The summed E-state index contributed by atoms with van der Waals surface area (Å²) in [5.41, 5.74) is 0.887. The molecule has 2 N–H and O–H groups in total. The van der Waals surface area contributed by atoms with Crippen molar-refractivity contribution in [3.8, 4) is 0 Å². The van der Waals surface area contributed by atoms with Crippen molar-refractivity contribution in [3.05, 3.63) is 24.2 Å². The smallest absolute Gasteiger partial charge is 0.154 e.